The summed E-state index contributed by atoms with van der Waals surface area (Å²) in [5, 5.41) is 7.79. The van der Waals surface area contributed by atoms with Crippen LogP contribution in [0.1, 0.15) is 0 Å². The van der Waals surface area contributed by atoms with Gasteiger partial charge in [0, 0.05) is 57.4 Å². The van der Waals surface area contributed by atoms with Crippen molar-refractivity contribution < 1.29 is 0 Å². The minimum Gasteiger partial charge on any atom is -0.310 e. The van der Waals surface area contributed by atoms with E-state index in [0.717, 1.165) is 17.1 Å². The third kappa shape index (κ3) is 5.51. The lowest BCUT2D eigenvalue weighted by Gasteiger charge is -2.26. The molecule has 0 N–H and O–H groups in total. The van der Waals surface area contributed by atoms with Gasteiger partial charge in [-0.15, -0.1) is 22.7 Å². The Hall–Kier alpha value is -6.52. The van der Waals surface area contributed by atoms with Crippen molar-refractivity contribution >= 4 is 90.9 Å². The summed E-state index contributed by atoms with van der Waals surface area (Å²) in [4.78, 5) is 2.39. The summed E-state index contributed by atoms with van der Waals surface area (Å²) >= 11 is 3.76. The van der Waals surface area contributed by atoms with Crippen molar-refractivity contribution in [2.24, 2.45) is 0 Å². The molecule has 0 atom stereocenters. The van der Waals surface area contributed by atoms with E-state index in [4.69, 9.17) is 0 Å². The van der Waals surface area contributed by atoms with Crippen LogP contribution >= 0.6 is 22.7 Å². The van der Waals surface area contributed by atoms with Crippen LogP contribution in [-0.2, 0) is 0 Å². The van der Waals surface area contributed by atoms with Gasteiger partial charge in [0.05, 0.1) is 0 Å². The van der Waals surface area contributed by atoms with Gasteiger partial charge in [-0.05, 0) is 98.8 Å². The number of hydrogen-bond acceptors (Lipinski definition) is 3. The molecule has 0 spiro atoms. The lowest BCUT2D eigenvalue weighted by atomic mass is 9.99. The maximum Gasteiger partial charge on any atom is 0.0467 e. The molecule has 0 aliphatic carbocycles. The van der Waals surface area contributed by atoms with Crippen LogP contribution in [0.5, 0.6) is 0 Å². The second kappa shape index (κ2) is 13.1. The molecule has 0 radical (unpaired) electrons. The van der Waals surface area contributed by atoms with Gasteiger partial charge in [-0.2, -0.15) is 0 Å². The Balaban J connectivity index is 1.02. The van der Waals surface area contributed by atoms with Crippen LogP contribution in [0.25, 0.3) is 84.5 Å². The van der Waals surface area contributed by atoms with Crippen molar-refractivity contribution in [3.63, 3.8) is 0 Å². The Labute approximate surface area is 327 Å². The number of hydrogen-bond donors (Lipinski definition) is 0. The third-order valence-corrected chi connectivity index (χ3v) is 13.3. The molecule has 55 heavy (non-hydrogen) atoms. The molecular weight excluding hydrogens is 703 g/mol. The third-order valence-electron chi connectivity index (χ3n) is 10.9. The lowest BCUT2D eigenvalue weighted by molar-refractivity contribution is 1.28. The van der Waals surface area contributed by atoms with E-state index in [1.165, 1.54) is 84.5 Å². The average Bonchev–Trinajstić information content (AvgIpc) is 3.83. The van der Waals surface area contributed by atoms with Crippen LogP contribution in [-0.4, -0.2) is 0 Å². The highest BCUT2D eigenvalue weighted by Gasteiger charge is 2.17. The van der Waals surface area contributed by atoms with E-state index in [2.05, 4.69) is 205 Å². The molecule has 0 fully saturated rings. The molecule has 0 bridgehead atoms. The van der Waals surface area contributed by atoms with Crippen molar-refractivity contribution in [3.8, 4) is 33.4 Å². The molecule has 0 saturated carbocycles. The molecule has 3 heteroatoms. The van der Waals surface area contributed by atoms with Crippen molar-refractivity contribution in [2.75, 3.05) is 4.90 Å². The smallest absolute Gasteiger partial charge is 0.0467 e. The second-order valence-corrected chi connectivity index (χ2v) is 16.2. The fourth-order valence-corrected chi connectivity index (χ4v) is 10.6. The van der Waals surface area contributed by atoms with Crippen molar-refractivity contribution in [2.45, 2.75) is 0 Å². The molecule has 11 aromatic rings. The Bertz CT molecular complexity index is 3050. The van der Waals surface area contributed by atoms with Gasteiger partial charge in [-0.1, -0.05) is 146 Å². The summed E-state index contributed by atoms with van der Waals surface area (Å²) in [5.41, 5.74) is 10.7. The first-order valence-corrected chi connectivity index (χ1v) is 20.3. The monoisotopic (exact) mass is 735 g/mol. The molecule has 11 rings (SSSR count). The zero-order chi connectivity index (χ0) is 36.3. The Kier molecular flexibility index (Phi) is 7.61. The van der Waals surface area contributed by atoms with E-state index in [0.29, 0.717) is 0 Å². The largest absolute Gasteiger partial charge is 0.310 e. The van der Waals surface area contributed by atoms with Gasteiger partial charge in [-0.3, -0.25) is 0 Å². The summed E-state index contributed by atoms with van der Waals surface area (Å²) in [6.07, 6.45) is 0. The predicted molar refractivity (Wildman–Crippen MR) is 241 cm³/mol. The maximum absolute atomic E-state index is 2.39. The van der Waals surface area contributed by atoms with Crippen LogP contribution in [0, 0.1) is 0 Å². The van der Waals surface area contributed by atoms with Crippen molar-refractivity contribution in [1.29, 1.82) is 0 Å². The average molecular weight is 736 g/mol. The van der Waals surface area contributed by atoms with Gasteiger partial charge in [-0.25, -0.2) is 0 Å². The summed E-state index contributed by atoms with van der Waals surface area (Å²) in [6, 6.07) is 73.4. The molecule has 0 aliphatic rings. The Morgan fingerprint density at radius 3 is 1.36 bits per heavy atom. The zero-order valence-electron chi connectivity index (χ0n) is 29.8. The first kappa shape index (κ1) is 32.0. The van der Waals surface area contributed by atoms with Crippen LogP contribution in [0.3, 0.4) is 0 Å². The molecule has 0 saturated heterocycles. The zero-order valence-corrected chi connectivity index (χ0v) is 31.4. The van der Waals surface area contributed by atoms with Gasteiger partial charge >= 0.3 is 0 Å². The first-order chi connectivity index (χ1) is 27.2. The fraction of sp³-hybridized carbons (Fsp3) is 0. The first-order valence-electron chi connectivity index (χ1n) is 18.7. The van der Waals surface area contributed by atoms with Crippen molar-refractivity contribution in [1.82, 2.24) is 0 Å². The maximum atomic E-state index is 2.39. The standard InChI is InChI=1S/C52H33NS2/c1-2-11-37-32-39(23-22-34(37)10-1)38-12-7-13-42(33-38)53(40-28-24-35(25-29-40)43-16-8-18-47-45-14-3-5-20-49(45)54-51(43)47)41-30-26-36(27-31-41)44-17-9-19-48-46-15-4-6-21-50(46)55-52(44)48/h1-33H. The predicted octanol–water partition coefficient (Wildman–Crippen LogP) is 16.0. The Morgan fingerprint density at radius 2 is 0.764 bits per heavy atom. The SMILES string of the molecule is c1cc(-c2ccc3ccccc3c2)cc(N(c2ccc(-c3cccc4c3sc3ccccc34)cc2)c2ccc(-c3cccc4c3sc3ccccc34)cc2)c1. The van der Waals surface area contributed by atoms with Crippen LogP contribution in [0.4, 0.5) is 17.1 Å². The normalized spacial score (nSPS) is 11.6. The van der Waals surface area contributed by atoms with Crippen LogP contribution < -0.4 is 4.90 Å². The van der Waals surface area contributed by atoms with E-state index in [1.807, 2.05) is 22.7 Å². The van der Waals surface area contributed by atoms with Gasteiger partial charge in [0.25, 0.3) is 0 Å². The number of nitrogens with zero attached hydrogens (tertiary/aromatic N) is 1. The number of rotatable bonds is 6. The summed E-state index contributed by atoms with van der Waals surface area (Å²) in [6.45, 7) is 0. The number of thiophene rings is 2. The topological polar surface area (TPSA) is 3.24 Å². The molecule has 2 aromatic heterocycles. The molecular formula is C52H33NS2. The molecule has 258 valence electrons. The minimum absolute atomic E-state index is 1.11. The fourth-order valence-electron chi connectivity index (χ4n) is 8.17. The van der Waals surface area contributed by atoms with Gasteiger partial charge < -0.3 is 4.90 Å². The quantitative estimate of drug-likeness (QED) is 0.164. The van der Waals surface area contributed by atoms with Crippen LogP contribution in [0.2, 0.25) is 0 Å². The van der Waals surface area contributed by atoms with Crippen molar-refractivity contribution in [3.05, 3.63) is 200 Å². The van der Waals surface area contributed by atoms with E-state index >= 15 is 0 Å². The van der Waals surface area contributed by atoms with E-state index < -0.39 is 0 Å². The van der Waals surface area contributed by atoms with E-state index in [1.54, 1.807) is 0 Å². The number of fused-ring (bicyclic) bond motifs is 7. The summed E-state index contributed by atoms with van der Waals surface area (Å²) in [7, 11) is 0. The molecule has 0 unspecified atom stereocenters. The highest BCUT2D eigenvalue weighted by atomic mass is 32.1. The van der Waals surface area contributed by atoms with Gasteiger partial charge in [0.2, 0.25) is 0 Å². The Morgan fingerprint density at radius 1 is 0.291 bits per heavy atom. The number of benzene rings is 9. The minimum atomic E-state index is 1.11. The lowest BCUT2D eigenvalue weighted by Crippen LogP contribution is -2.10. The molecule has 1 nitrogen and oxygen atoms in total. The summed E-state index contributed by atoms with van der Waals surface area (Å²) < 4.78 is 5.32. The highest BCUT2D eigenvalue weighted by Crippen LogP contribution is 2.44. The van der Waals surface area contributed by atoms with Gasteiger partial charge in [0.15, 0.2) is 0 Å². The molecule has 2 heterocycles. The van der Waals surface area contributed by atoms with Gasteiger partial charge in [0.1, 0.15) is 0 Å². The van der Waals surface area contributed by atoms with E-state index in [9.17, 15) is 0 Å². The van der Waals surface area contributed by atoms with E-state index in [-0.39, 0.29) is 0 Å². The molecule has 0 aliphatic heterocycles. The summed E-state index contributed by atoms with van der Waals surface area (Å²) in [5.74, 6) is 0. The molecule has 0 amide bonds. The highest BCUT2D eigenvalue weighted by molar-refractivity contribution is 7.26. The van der Waals surface area contributed by atoms with Crippen LogP contribution in [0.15, 0.2) is 200 Å². The number of anilines is 3. The second-order valence-electron chi connectivity index (χ2n) is 14.1. The molecule has 9 aromatic carbocycles.